The van der Waals surface area contributed by atoms with E-state index >= 15 is 4.39 Å². The van der Waals surface area contributed by atoms with Crippen molar-refractivity contribution >= 4 is 17.0 Å². The number of H-pyrrole nitrogens is 1. The Labute approximate surface area is 204 Å². The largest absolute Gasteiger partial charge is 0.368 e. The van der Waals surface area contributed by atoms with Gasteiger partial charge in [0.2, 0.25) is 5.95 Å². The molecule has 0 aliphatic carbocycles. The monoisotopic (exact) mass is 491 g/mol. The van der Waals surface area contributed by atoms with Gasteiger partial charge in [-0.2, -0.15) is 5.10 Å². The average Bonchev–Trinajstić information content (AvgIpc) is 3.49. The summed E-state index contributed by atoms with van der Waals surface area (Å²) in [6.07, 6.45) is 6.33. The molecule has 0 aliphatic heterocycles. The van der Waals surface area contributed by atoms with Crippen molar-refractivity contribution in [2.45, 2.75) is 12.5 Å². The molecule has 0 bridgehead atoms. The van der Waals surface area contributed by atoms with Gasteiger partial charge in [0, 0.05) is 49.4 Å². The molecule has 1 atom stereocenters. The molecule has 3 N–H and O–H groups in total. The average molecular weight is 492 g/mol. The van der Waals surface area contributed by atoms with Crippen molar-refractivity contribution in [2.75, 3.05) is 19.6 Å². The molecule has 5 aromatic rings. The first-order chi connectivity index (χ1) is 17.3. The minimum absolute atomic E-state index is 0.0581. The molecule has 36 heavy (non-hydrogen) atoms. The van der Waals surface area contributed by atoms with E-state index in [1.165, 1.54) is 25.4 Å². The number of pyridine rings is 1. The Morgan fingerprint density at radius 2 is 1.97 bits per heavy atom. The number of ether oxygens (including phenoxy) is 2. The number of nitrogens with zero attached hydrogens (tertiary/aromatic N) is 5. The summed E-state index contributed by atoms with van der Waals surface area (Å²) in [4.78, 5) is 16.1. The van der Waals surface area contributed by atoms with Crippen LogP contribution in [-0.4, -0.2) is 43.6 Å². The molecule has 1 unspecified atom stereocenters. The highest BCUT2D eigenvalue weighted by atomic mass is 19.1. The van der Waals surface area contributed by atoms with Gasteiger partial charge in [-0.05, 0) is 30.7 Å². The molecule has 0 saturated carbocycles. The van der Waals surface area contributed by atoms with Crippen LogP contribution in [0.25, 0.3) is 33.4 Å². The molecular formula is C25H23F2N7O2. The quantitative estimate of drug-likeness (QED) is 0.328. The predicted octanol–water partition coefficient (Wildman–Crippen LogP) is 4.16. The van der Waals surface area contributed by atoms with Gasteiger partial charge in [0.25, 0.3) is 0 Å². The lowest BCUT2D eigenvalue weighted by Crippen LogP contribution is -2.30. The maximum atomic E-state index is 15.8. The molecule has 4 aromatic heterocycles. The fraction of sp³-hybridized carbons (Fsp3) is 0.200. The molecule has 0 amide bonds. The van der Waals surface area contributed by atoms with E-state index in [0.717, 1.165) is 0 Å². The van der Waals surface area contributed by atoms with Gasteiger partial charge in [-0.3, -0.25) is 4.68 Å². The van der Waals surface area contributed by atoms with Crippen molar-refractivity contribution in [1.29, 1.82) is 0 Å². The fourth-order valence-corrected chi connectivity index (χ4v) is 4.14. The van der Waals surface area contributed by atoms with E-state index in [4.69, 9.17) is 15.2 Å². The number of nitrogens with two attached hydrogens (primary N) is 1. The molecule has 1 aromatic carbocycles. The number of methoxy groups -OCH3 is 1. The molecule has 11 heteroatoms. The highest BCUT2D eigenvalue weighted by Gasteiger charge is 2.33. The number of nitrogen functional groups attached to an aromatic ring is 1. The smallest absolute Gasteiger partial charge is 0.220 e. The fourth-order valence-electron chi connectivity index (χ4n) is 4.14. The summed E-state index contributed by atoms with van der Waals surface area (Å²) in [5.41, 5.74) is 7.70. The number of anilines is 1. The van der Waals surface area contributed by atoms with Crippen LogP contribution in [0.4, 0.5) is 14.7 Å². The Bertz CT molecular complexity index is 1570. The third kappa shape index (κ3) is 4.08. The third-order valence-corrected chi connectivity index (χ3v) is 6.00. The van der Waals surface area contributed by atoms with Gasteiger partial charge >= 0.3 is 0 Å². The molecule has 0 aliphatic rings. The second kappa shape index (κ2) is 9.10. The number of aromatic nitrogens is 6. The number of hydrogen-bond donors (Lipinski definition) is 2. The third-order valence-electron chi connectivity index (χ3n) is 6.00. The normalized spacial score (nSPS) is 13.2. The van der Waals surface area contributed by atoms with Crippen LogP contribution in [0.2, 0.25) is 0 Å². The molecule has 0 radical (unpaired) electrons. The van der Waals surface area contributed by atoms with Crippen LogP contribution in [0, 0.1) is 11.6 Å². The first-order valence-corrected chi connectivity index (χ1v) is 11.0. The number of aryl methyl sites for hydroxylation is 1. The van der Waals surface area contributed by atoms with Gasteiger partial charge in [0.15, 0.2) is 0 Å². The minimum Gasteiger partial charge on any atom is -0.368 e. The second-order valence-corrected chi connectivity index (χ2v) is 8.41. The molecule has 0 fully saturated rings. The SMILES string of the molecule is COCOC(C)(c1cccc(F)c1)c1cc(-c2c[nH]c3ncc(-c4cnn(C)c4)c(F)c23)nc(N)n1. The lowest BCUT2D eigenvalue weighted by Gasteiger charge is -2.30. The lowest BCUT2D eigenvalue weighted by atomic mass is 9.91. The van der Waals surface area contributed by atoms with E-state index in [1.54, 1.807) is 55.4 Å². The zero-order valence-electron chi connectivity index (χ0n) is 19.8. The molecule has 9 nitrogen and oxygen atoms in total. The Morgan fingerprint density at radius 3 is 2.69 bits per heavy atom. The maximum absolute atomic E-state index is 15.8. The van der Waals surface area contributed by atoms with Crippen LogP contribution < -0.4 is 5.73 Å². The summed E-state index contributed by atoms with van der Waals surface area (Å²) in [7, 11) is 3.23. The van der Waals surface area contributed by atoms with E-state index in [2.05, 4.69) is 25.0 Å². The van der Waals surface area contributed by atoms with Crippen LogP contribution in [0.3, 0.4) is 0 Å². The van der Waals surface area contributed by atoms with Crippen molar-refractivity contribution in [2.24, 2.45) is 7.05 Å². The minimum atomic E-state index is -1.24. The first kappa shape index (κ1) is 23.5. The first-order valence-electron chi connectivity index (χ1n) is 11.0. The van der Waals surface area contributed by atoms with Crippen LogP contribution in [0.1, 0.15) is 18.2 Å². The Balaban J connectivity index is 1.68. The molecule has 5 rings (SSSR count). The number of hydrogen-bond acceptors (Lipinski definition) is 7. The highest BCUT2D eigenvalue weighted by Crippen LogP contribution is 2.37. The van der Waals surface area contributed by atoms with E-state index in [-0.39, 0.29) is 18.1 Å². The molecule has 0 saturated heterocycles. The lowest BCUT2D eigenvalue weighted by molar-refractivity contribution is -0.109. The number of halogens is 2. The van der Waals surface area contributed by atoms with Crippen LogP contribution in [-0.2, 0) is 22.1 Å². The maximum Gasteiger partial charge on any atom is 0.220 e. The van der Waals surface area contributed by atoms with Crippen molar-refractivity contribution < 1.29 is 18.3 Å². The number of benzene rings is 1. The van der Waals surface area contributed by atoms with E-state index in [9.17, 15) is 4.39 Å². The number of nitrogens with one attached hydrogen (secondary N) is 1. The predicted molar refractivity (Wildman–Crippen MR) is 130 cm³/mol. The Hall–Kier alpha value is -4.22. The molecule has 4 heterocycles. The Kier molecular flexibility index (Phi) is 5.94. The highest BCUT2D eigenvalue weighted by molar-refractivity contribution is 5.95. The van der Waals surface area contributed by atoms with Crippen LogP contribution in [0.5, 0.6) is 0 Å². The van der Waals surface area contributed by atoms with Gasteiger partial charge in [0.1, 0.15) is 29.7 Å². The van der Waals surface area contributed by atoms with Gasteiger partial charge in [-0.25, -0.2) is 23.7 Å². The zero-order valence-corrected chi connectivity index (χ0v) is 19.8. The molecular weight excluding hydrogens is 468 g/mol. The summed E-state index contributed by atoms with van der Waals surface area (Å²) in [5, 5.41) is 4.36. The standard InChI is InChI=1S/C25H23F2N7O2/c1-25(36-13-35-3,15-5-4-6-16(26)7-15)20-8-19(32-24(28)33-20)18-11-30-23-21(18)22(27)17(10-29-23)14-9-31-34(2)12-14/h4-12H,13H2,1-3H3,(H,29,30)(H2,28,32,33). The van der Waals surface area contributed by atoms with Crippen molar-refractivity contribution in [3.8, 4) is 22.4 Å². The topological polar surface area (TPSA) is 117 Å². The van der Waals surface area contributed by atoms with Crippen molar-refractivity contribution in [3.63, 3.8) is 0 Å². The number of aromatic amines is 1. The summed E-state index contributed by atoms with van der Waals surface area (Å²) in [5.74, 6) is -0.974. The molecule has 0 spiro atoms. The summed E-state index contributed by atoms with van der Waals surface area (Å²) in [6.45, 7) is 1.64. The van der Waals surface area contributed by atoms with E-state index < -0.39 is 17.2 Å². The van der Waals surface area contributed by atoms with E-state index in [0.29, 0.717) is 39.3 Å². The van der Waals surface area contributed by atoms with Crippen molar-refractivity contribution in [3.05, 3.63) is 78.0 Å². The summed E-state index contributed by atoms with van der Waals surface area (Å²) >= 11 is 0. The number of fused-ring (bicyclic) bond motifs is 1. The molecule has 184 valence electrons. The zero-order chi connectivity index (χ0) is 25.4. The van der Waals surface area contributed by atoms with Gasteiger partial charge in [-0.1, -0.05) is 12.1 Å². The van der Waals surface area contributed by atoms with Gasteiger partial charge in [-0.15, -0.1) is 0 Å². The van der Waals surface area contributed by atoms with Crippen LogP contribution >= 0.6 is 0 Å². The number of rotatable bonds is 7. The van der Waals surface area contributed by atoms with E-state index in [1.807, 2.05) is 0 Å². The Morgan fingerprint density at radius 1 is 1.14 bits per heavy atom. The second-order valence-electron chi connectivity index (χ2n) is 8.41. The van der Waals surface area contributed by atoms with Crippen molar-refractivity contribution in [1.82, 2.24) is 29.7 Å². The summed E-state index contributed by atoms with van der Waals surface area (Å²) < 4.78 is 42.6. The van der Waals surface area contributed by atoms with Crippen LogP contribution in [0.15, 0.2) is 55.1 Å². The van der Waals surface area contributed by atoms with Gasteiger partial charge in [0.05, 0.1) is 23.0 Å². The summed E-state index contributed by atoms with van der Waals surface area (Å²) in [6, 6.07) is 7.61. The van der Waals surface area contributed by atoms with Gasteiger partial charge < -0.3 is 20.2 Å².